The van der Waals surface area contributed by atoms with Gasteiger partial charge >= 0.3 is 0 Å². The summed E-state index contributed by atoms with van der Waals surface area (Å²) in [7, 11) is 0. The highest BCUT2D eigenvalue weighted by molar-refractivity contribution is 6.42. The fourth-order valence-corrected chi connectivity index (χ4v) is 4.09. The molecular formula is C18H17Cl2N5O2. The van der Waals surface area contributed by atoms with E-state index in [9.17, 15) is 9.59 Å². The lowest BCUT2D eigenvalue weighted by molar-refractivity contribution is -0.123. The van der Waals surface area contributed by atoms with Crippen molar-refractivity contribution in [1.29, 1.82) is 0 Å². The van der Waals surface area contributed by atoms with Crippen molar-refractivity contribution < 1.29 is 9.59 Å². The zero-order valence-corrected chi connectivity index (χ0v) is 15.9. The van der Waals surface area contributed by atoms with E-state index in [1.807, 2.05) is 4.90 Å². The number of aromatic nitrogens is 2. The van der Waals surface area contributed by atoms with Crippen LogP contribution in [0.5, 0.6) is 0 Å². The number of piperazine rings is 1. The van der Waals surface area contributed by atoms with Crippen molar-refractivity contribution in [3.63, 3.8) is 0 Å². The van der Waals surface area contributed by atoms with Crippen LogP contribution in [-0.2, 0) is 9.59 Å². The van der Waals surface area contributed by atoms with Crippen LogP contribution in [0, 0.1) is 0 Å². The molecule has 2 amide bonds. The van der Waals surface area contributed by atoms with Crippen molar-refractivity contribution in [2.75, 3.05) is 36.0 Å². The number of hydrogen-bond acceptors (Lipinski definition) is 6. The van der Waals surface area contributed by atoms with Gasteiger partial charge in [0.2, 0.25) is 11.9 Å². The van der Waals surface area contributed by atoms with Crippen molar-refractivity contribution in [2.45, 2.75) is 12.5 Å². The number of para-hydroxylation sites is 1. The Bertz CT molecular complexity index is 851. The topological polar surface area (TPSA) is 69.6 Å². The molecule has 1 aromatic heterocycles. The van der Waals surface area contributed by atoms with Gasteiger partial charge in [-0.05, 0) is 18.2 Å². The smallest absolute Gasteiger partial charge is 0.251 e. The number of benzene rings is 1. The molecule has 2 fully saturated rings. The molecule has 1 atom stereocenters. The summed E-state index contributed by atoms with van der Waals surface area (Å²) in [5.74, 6) is 0.115. The first-order chi connectivity index (χ1) is 13.1. The number of halogens is 2. The molecule has 0 spiro atoms. The third-order valence-corrected chi connectivity index (χ3v) is 5.48. The van der Waals surface area contributed by atoms with E-state index in [4.69, 9.17) is 23.2 Å². The molecule has 140 valence electrons. The van der Waals surface area contributed by atoms with Crippen LogP contribution in [0.15, 0.2) is 36.7 Å². The number of amides is 2. The lowest BCUT2D eigenvalue weighted by Crippen LogP contribution is -2.53. The number of carbonyl (C=O) groups excluding carboxylic acids is 2. The molecule has 0 radical (unpaired) electrons. The monoisotopic (exact) mass is 405 g/mol. The summed E-state index contributed by atoms with van der Waals surface area (Å²) in [4.78, 5) is 39.3. The lowest BCUT2D eigenvalue weighted by atomic mass is 10.2. The summed E-state index contributed by atoms with van der Waals surface area (Å²) in [5.41, 5.74) is 0.273. The fraction of sp³-hybridized carbons (Fsp3) is 0.333. The van der Waals surface area contributed by atoms with E-state index in [-0.39, 0.29) is 34.0 Å². The Labute approximate surface area is 166 Å². The Balaban J connectivity index is 1.49. The third-order valence-electron chi connectivity index (χ3n) is 4.87. The van der Waals surface area contributed by atoms with Crippen LogP contribution in [-0.4, -0.2) is 58.9 Å². The number of carbonyl (C=O) groups is 2. The number of rotatable bonds is 3. The summed E-state index contributed by atoms with van der Waals surface area (Å²) < 4.78 is 0. The maximum atomic E-state index is 13.0. The van der Waals surface area contributed by atoms with Gasteiger partial charge in [-0.2, -0.15) is 0 Å². The Morgan fingerprint density at radius 3 is 2.19 bits per heavy atom. The van der Waals surface area contributed by atoms with Crippen LogP contribution in [0.3, 0.4) is 0 Å². The van der Waals surface area contributed by atoms with E-state index in [2.05, 4.69) is 14.9 Å². The van der Waals surface area contributed by atoms with Crippen LogP contribution in [0.25, 0.3) is 0 Å². The Morgan fingerprint density at radius 2 is 1.56 bits per heavy atom. The van der Waals surface area contributed by atoms with Gasteiger partial charge in [-0.15, -0.1) is 0 Å². The van der Waals surface area contributed by atoms with Crippen molar-refractivity contribution in [2.24, 2.45) is 0 Å². The first-order valence-corrected chi connectivity index (χ1v) is 9.38. The second kappa shape index (κ2) is 7.42. The van der Waals surface area contributed by atoms with Crippen LogP contribution >= 0.6 is 23.2 Å². The molecular weight excluding hydrogens is 389 g/mol. The van der Waals surface area contributed by atoms with Gasteiger partial charge < -0.3 is 4.90 Å². The molecule has 0 bridgehead atoms. The molecule has 0 N–H and O–H groups in total. The van der Waals surface area contributed by atoms with Gasteiger partial charge in [-0.1, -0.05) is 29.3 Å². The molecule has 0 saturated carbocycles. The first kappa shape index (κ1) is 18.2. The number of hydrogen-bond donors (Lipinski definition) is 0. The van der Waals surface area contributed by atoms with Crippen LogP contribution < -0.4 is 9.80 Å². The molecule has 3 heterocycles. The fourth-order valence-electron chi connectivity index (χ4n) is 3.53. The molecule has 1 aromatic carbocycles. The Morgan fingerprint density at radius 1 is 0.926 bits per heavy atom. The zero-order chi connectivity index (χ0) is 19.0. The normalized spacial score (nSPS) is 21.2. The van der Waals surface area contributed by atoms with Crippen molar-refractivity contribution in [1.82, 2.24) is 14.9 Å². The highest BCUT2D eigenvalue weighted by Crippen LogP contribution is 2.37. The Kier molecular flexibility index (Phi) is 4.99. The average Bonchev–Trinajstić information content (AvgIpc) is 2.97. The van der Waals surface area contributed by atoms with Crippen molar-refractivity contribution in [3.8, 4) is 0 Å². The molecule has 0 unspecified atom stereocenters. The second-order valence-corrected chi connectivity index (χ2v) is 7.24. The maximum absolute atomic E-state index is 13.0. The minimum atomic E-state index is -0.497. The predicted octanol–water partition coefficient (Wildman–Crippen LogP) is 2.24. The maximum Gasteiger partial charge on any atom is 0.251 e. The van der Waals surface area contributed by atoms with E-state index >= 15 is 0 Å². The van der Waals surface area contributed by atoms with E-state index in [1.165, 1.54) is 0 Å². The minimum absolute atomic E-state index is 0.127. The number of nitrogens with zero attached hydrogens (tertiary/aromatic N) is 5. The van der Waals surface area contributed by atoms with Gasteiger partial charge in [0.05, 0.1) is 28.2 Å². The molecule has 2 aliphatic rings. The number of imide groups is 1. The minimum Gasteiger partial charge on any atom is -0.338 e. The summed E-state index contributed by atoms with van der Waals surface area (Å²) >= 11 is 12.4. The van der Waals surface area contributed by atoms with Crippen molar-refractivity contribution >= 4 is 46.7 Å². The average molecular weight is 406 g/mol. The van der Waals surface area contributed by atoms with Crippen LogP contribution in [0.1, 0.15) is 6.42 Å². The van der Waals surface area contributed by atoms with E-state index < -0.39 is 6.04 Å². The van der Waals surface area contributed by atoms with E-state index in [0.29, 0.717) is 32.1 Å². The quantitative estimate of drug-likeness (QED) is 0.729. The lowest BCUT2D eigenvalue weighted by Gasteiger charge is -2.36. The SMILES string of the molecule is O=C1C[C@H](N2CCN(c3ncccn3)CC2)C(=O)N1c1c(Cl)cccc1Cl. The van der Waals surface area contributed by atoms with Crippen molar-refractivity contribution in [3.05, 3.63) is 46.7 Å². The first-order valence-electron chi connectivity index (χ1n) is 8.63. The van der Waals surface area contributed by atoms with E-state index in [0.717, 1.165) is 4.90 Å². The molecule has 2 saturated heterocycles. The predicted molar refractivity (Wildman–Crippen MR) is 103 cm³/mol. The molecule has 9 heteroatoms. The largest absolute Gasteiger partial charge is 0.338 e. The highest BCUT2D eigenvalue weighted by atomic mass is 35.5. The van der Waals surface area contributed by atoms with Gasteiger partial charge in [0.15, 0.2) is 0 Å². The highest BCUT2D eigenvalue weighted by Gasteiger charge is 2.44. The van der Waals surface area contributed by atoms with Crippen LogP contribution in [0.2, 0.25) is 10.0 Å². The molecule has 4 rings (SSSR count). The summed E-state index contributed by atoms with van der Waals surface area (Å²) in [6, 6.07) is 6.20. The second-order valence-electron chi connectivity index (χ2n) is 6.43. The Hall–Kier alpha value is -2.22. The molecule has 27 heavy (non-hydrogen) atoms. The molecule has 0 aliphatic carbocycles. The third kappa shape index (κ3) is 3.38. The molecule has 7 nitrogen and oxygen atoms in total. The van der Waals surface area contributed by atoms with E-state index in [1.54, 1.807) is 36.7 Å². The van der Waals surface area contributed by atoms with Gasteiger partial charge in [0.1, 0.15) is 0 Å². The van der Waals surface area contributed by atoms with Gasteiger partial charge in [0.25, 0.3) is 5.91 Å². The molecule has 2 aliphatic heterocycles. The summed E-state index contributed by atoms with van der Waals surface area (Å²) in [6.45, 7) is 2.67. The zero-order valence-electron chi connectivity index (χ0n) is 14.4. The van der Waals surface area contributed by atoms with Gasteiger partial charge in [-0.3, -0.25) is 14.5 Å². The molecule has 2 aromatic rings. The summed E-state index contributed by atoms with van der Waals surface area (Å²) in [5, 5.41) is 0.576. The number of anilines is 2. The summed E-state index contributed by atoms with van der Waals surface area (Å²) in [6.07, 6.45) is 3.54. The van der Waals surface area contributed by atoms with Crippen LogP contribution in [0.4, 0.5) is 11.6 Å². The van der Waals surface area contributed by atoms with Gasteiger partial charge in [-0.25, -0.2) is 14.9 Å². The van der Waals surface area contributed by atoms with Gasteiger partial charge in [0, 0.05) is 38.6 Å². The standard InChI is InChI=1S/C18H17Cl2N5O2/c19-12-3-1-4-13(20)16(12)25-15(26)11-14(17(25)27)23-7-9-24(10-8-23)18-21-5-2-6-22-18/h1-6,14H,7-11H2/t14-/m0/s1.